The Balaban J connectivity index is 0.000000546. The molecule has 0 unspecified atom stereocenters. The summed E-state index contributed by atoms with van der Waals surface area (Å²) in [6, 6.07) is 23.4. The number of fused-ring (bicyclic) bond motifs is 1. The fourth-order valence-corrected chi connectivity index (χ4v) is 3.35. The van der Waals surface area contributed by atoms with E-state index in [9.17, 15) is 31.2 Å². The number of nitrogen functional groups attached to an aromatic ring is 1. The van der Waals surface area contributed by atoms with E-state index in [0.717, 1.165) is 10.8 Å². The van der Waals surface area contributed by atoms with Crippen LogP contribution >= 0.6 is 0 Å². The number of rotatable bonds is 6. The maximum atomic E-state index is 12.6. The van der Waals surface area contributed by atoms with Crippen LogP contribution in [0.2, 0.25) is 0 Å². The number of carbonyl (C=O) groups is 3. The molecule has 0 saturated heterocycles. The second-order valence-corrected chi connectivity index (χ2v) is 10.6. The first-order valence-electron chi connectivity index (χ1n) is 12.7. The van der Waals surface area contributed by atoms with Gasteiger partial charge in [0.25, 0.3) is 16.0 Å². The van der Waals surface area contributed by atoms with Crippen molar-refractivity contribution in [1.29, 1.82) is 5.41 Å². The third kappa shape index (κ3) is 13.3. The fourth-order valence-electron chi connectivity index (χ4n) is 3.35. The van der Waals surface area contributed by atoms with Gasteiger partial charge in [0.2, 0.25) is 0 Å². The van der Waals surface area contributed by atoms with Crippen molar-refractivity contribution in [3.63, 3.8) is 0 Å². The molecule has 0 aliphatic heterocycles. The number of ether oxygens (including phenoxy) is 1. The van der Waals surface area contributed by atoms with Crippen LogP contribution in [0.5, 0.6) is 5.75 Å². The molecule has 0 fully saturated rings. The van der Waals surface area contributed by atoms with Gasteiger partial charge in [-0.2, -0.15) is 21.6 Å². The smallest absolute Gasteiger partial charge is 0.475 e. The standard InChI is InChI=1S/C26H22N6O3.C2HF3O2.CH4O3S/c27-23(28)19-2-1-18-14-22(12-7-17(18)13-19)35-25(34)16-5-10-20(11-6-16)31-24(33)15-3-8-21(9-4-15)32-26(29)30;3-2(4,5)1(6)7;1-5(2,3)4/h1-14H,(H3,27,28)(H,31,33)(H4,29,30,32);(H,6,7);1H3,(H,2,3,4). The molecule has 14 nitrogen and oxygen atoms in total. The molecule has 0 aliphatic carbocycles. The number of amides is 1. The van der Waals surface area contributed by atoms with E-state index in [4.69, 9.17) is 41.8 Å². The first kappa shape index (κ1) is 37.2. The van der Waals surface area contributed by atoms with Gasteiger partial charge in [-0.25, -0.2) is 14.6 Å². The lowest BCUT2D eigenvalue weighted by atomic mass is 10.1. The van der Waals surface area contributed by atoms with Crippen molar-refractivity contribution in [3.05, 3.63) is 102 Å². The lowest BCUT2D eigenvalue weighted by Crippen LogP contribution is -2.21. The molecule has 0 aromatic heterocycles. The van der Waals surface area contributed by atoms with Gasteiger partial charge in [-0.05, 0) is 77.5 Å². The van der Waals surface area contributed by atoms with Gasteiger partial charge in [0.15, 0.2) is 5.96 Å². The number of aliphatic carboxylic acids is 1. The summed E-state index contributed by atoms with van der Waals surface area (Å²) in [4.78, 5) is 37.8. The number of carbonyl (C=O) groups excluding carboxylic acids is 2. The Morgan fingerprint density at radius 3 is 1.79 bits per heavy atom. The zero-order valence-corrected chi connectivity index (χ0v) is 25.0. The van der Waals surface area contributed by atoms with E-state index < -0.39 is 28.2 Å². The van der Waals surface area contributed by atoms with E-state index >= 15 is 0 Å². The van der Waals surface area contributed by atoms with Crippen molar-refractivity contribution in [2.75, 3.05) is 11.6 Å². The highest BCUT2D eigenvalue weighted by molar-refractivity contribution is 7.85. The van der Waals surface area contributed by atoms with Crippen molar-refractivity contribution in [2.24, 2.45) is 22.2 Å². The van der Waals surface area contributed by atoms with Crippen molar-refractivity contribution in [3.8, 4) is 5.75 Å². The second kappa shape index (κ2) is 15.8. The largest absolute Gasteiger partial charge is 0.490 e. The van der Waals surface area contributed by atoms with Crippen LogP contribution in [0.15, 0.2) is 89.9 Å². The van der Waals surface area contributed by atoms with E-state index in [-0.39, 0.29) is 17.7 Å². The molecular formula is C29H27F3N6O8S. The molecular weight excluding hydrogens is 649 g/mol. The number of carboxylic acids is 1. The number of nitrogens with two attached hydrogens (primary N) is 3. The lowest BCUT2D eigenvalue weighted by molar-refractivity contribution is -0.192. The van der Waals surface area contributed by atoms with Gasteiger partial charge < -0.3 is 32.4 Å². The molecule has 4 aromatic rings. The summed E-state index contributed by atoms with van der Waals surface area (Å²) in [7, 11) is -3.67. The summed E-state index contributed by atoms with van der Waals surface area (Å²) in [6.45, 7) is 0. The number of hydrogen-bond acceptors (Lipinski definition) is 8. The van der Waals surface area contributed by atoms with Crippen LogP contribution in [0.1, 0.15) is 26.3 Å². The average molecular weight is 677 g/mol. The van der Waals surface area contributed by atoms with Gasteiger partial charge in [-0.3, -0.25) is 14.8 Å². The van der Waals surface area contributed by atoms with Crippen LogP contribution in [-0.4, -0.2) is 60.2 Å². The predicted octanol–water partition coefficient (Wildman–Crippen LogP) is 3.64. The summed E-state index contributed by atoms with van der Waals surface area (Å²) in [5.74, 6) is -3.29. The van der Waals surface area contributed by atoms with Gasteiger partial charge in [-0.15, -0.1) is 0 Å². The molecule has 4 rings (SSSR count). The number of carboxylic acid groups (broad SMARTS) is 1. The van der Waals surface area contributed by atoms with Crippen LogP contribution in [0.4, 0.5) is 24.5 Å². The van der Waals surface area contributed by atoms with Gasteiger partial charge in [-0.1, -0.05) is 18.2 Å². The van der Waals surface area contributed by atoms with E-state index in [1.807, 2.05) is 6.07 Å². The molecule has 0 atom stereocenters. The molecule has 0 saturated carbocycles. The monoisotopic (exact) mass is 676 g/mol. The number of alkyl halides is 3. The minimum absolute atomic E-state index is 0.0113. The number of esters is 1. The van der Waals surface area contributed by atoms with Gasteiger partial charge in [0.05, 0.1) is 17.5 Å². The maximum absolute atomic E-state index is 12.6. The lowest BCUT2D eigenvalue weighted by Gasteiger charge is -2.08. The average Bonchev–Trinajstić information content (AvgIpc) is 2.96. The summed E-state index contributed by atoms with van der Waals surface area (Å²) in [6.07, 6.45) is -4.37. The van der Waals surface area contributed by atoms with Crippen LogP contribution in [0.25, 0.3) is 10.8 Å². The summed E-state index contributed by atoms with van der Waals surface area (Å²) in [5.41, 5.74) is 18.7. The minimum Gasteiger partial charge on any atom is -0.475 e. The molecule has 4 aromatic carbocycles. The van der Waals surface area contributed by atoms with Crippen molar-refractivity contribution in [2.45, 2.75) is 6.18 Å². The predicted molar refractivity (Wildman–Crippen MR) is 167 cm³/mol. The Bertz CT molecular complexity index is 1900. The molecule has 248 valence electrons. The van der Waals surface area contributed by atoms with Gasteiger partial charge in [0, 0.05) is 16.8 Å². The van der Waals surface area contributed by atoms with Crippen LogP contribution < -0.4 is 27.3 Å². The Hall–Kier alpha value is -6.01. The number of guanidine groups is 1. The van der Waals surface area contributed by atoms with Crippen molar-refractivity contribution in [1.82, 2.24) is 0 Å². The summed E-state index contributed by atoms with van der Waals surface area (Å²) >= 11 is 0. The quantitative estimate of drug-likeness (QED) is 0.0510. The van der Waals surface area contributed by atoms with Crippen LogP contribution in [0, 0.1) is 5.41 Å². The molecule has 0 radical (unpaired) electrons. The van der Waals surface area contributed by atoms with E-state index in [1.54, 1.807) is 78.9 Å². The first-order chi connectivity index (χ1) is 21.7. The zero-order valence-electron chi connectivity index (χ0n) is 24.1. The van der Waals surface area contributed by atoms with Gasteiger partial charge >= 0.3 is 18.1 Å². The first-order valence-corrected chi connectivity index (χ1v) is 14.5. The molecule has 18 heteroatoms. The number of nitrogens with one attached hydrogen (secondary N) is 2. The fraction of sp³-hybridized carbons (Fsp3) is 0.0690. The Morgan fingerprint density at radius 2 is 1.30 bits per heavy atom. The molecule has 0 bridgehead atoms. The SMILES string of the molecule is CS(=O)(=O)O.N=C(N)c1ccc2cc(OC(=O)c3ccc(NC(=O)c4ccc(N=C(N)N)cc4)cc3)ccc2c1.O=C(O)C(F)(F)F. The van der Waals surface area contributed by atoms with Gasteiger partial charge in [0.1, 0.15) is 11.6 Å². The van der Waals surface area contributed by atoms with Crippen molar-refractivity contribution < 1.29 is 50.4 Å². The van der Waals surface area contributed by atoms with E-state index in [1.165, 1.54) is 0 Å². The molecule has 0 heterocycles. The third-order valence-electron chi connectivity index (χ3n) is 5.34. The summed E-state index contributed by atoms with van der Waals surface area (Å²) in [5, 5.41) is 19.2. The Kier molecular flexibility index (Phi) is 12.5. The molecule has 10 N–H and O–H groups in total. The van der Waals surface area contributed by atoms with E-state index in [0.29, 0.717) is 40.1 Å². The zero-order chi connectivity index (χ0) is 35.5. The van der Waals surface area contributed by atoms with Crippen molar-refractivity contribution >= 4 is 61.9 Å². The topological polar surface area (TPSA) is 261 Å². The number of nitrogens with zero attached hydrogens (tertiary/aromatic N) is 1. The number of amidine groups is 1. The number of aliphatic imine (C=N–C) groups is 1. The Morgan fingerprint density at radius 1 is 0.830 bits per heavy atom. The van der Waals surface area contributed by atoms with Crippen LogP contribution in [-0.2, 0) is 14.9 Å². The number of anilines is 1. The van der Waals surface area contributed by atoms with E-state index in [2.05, 4.69) is 10.3 Å². The van der Waals surface area contributed by atoms with Crippen LogP contribution in [0.3, 0.4) is 0 Å². The molecule has 47 heavy (non-hydrogen) atoms. The molecule has 1 amide bonds. The minimum atomic E-state index is -5.08. The Labute approximate surface area is 264 Å². The highest BCUT2D eigenvalue weighted by Crippen LogP contribution is 2.23. The maximum Gasteiger partial charge on any atom is 0.490 e. The number of halogens is 3. The molecule has 0 spiro atoms. The number of benzene rings is 4. The summed E-state index contributed by atoms with van der Waals surface area (Å²) < 4.78 is 63.1. The highest BCUT2D eigenvalue weighted by Gasteiger charge is 2.38. The molecule has 0 aliphatic rings. The second-order valence-electron chi connectivity index (χ2n) is 9.18. The normalized spacial score (nSPS) is 10.7. The highest BCUT2D eigenvalue weighted by atomic mass is 32.2. The third-order valence-corrected chi connectivity index (χ3v) is 5.34. The number of hydrogen-bond donors (Lipinski definition) is 7.